The van der Waals surface area contributed by atoms with E-state index < -0.39 is 0 Å². The van der Waals surface area contributed by atoms with Crippen LogP contribution in [0.25, 0.3) is 5.69 Å². The number of nitrogen functional groups attached to an aromatic ring is 1. The van der Waals surface area contributed by atoms with Crippen LogP contribution in [0, 0.1) is 6.92 Å². The number of benzene rings is 1. The molecule has 2 aromatic heterocycles. The minimum atomic E-state index is -0.104. The van der Waals surface area contributed by atoms with Crippen molar-refractivity contribution in [1.82, 2.24) is 24.6 Å². The van der Waals surface area contributed by atoms with Crippen LogP contribution in [0.3, 0.4) is 0 Å². The standard InChI is InChI=1S/C20H23N7O/c1-14-5-6-16(27-11-3-8-23-27)12-18(14)25-20(28)26-10-2-4-15(13-26)17-7-9-22-19(21)24-17/h3,5-9,11-12,15H,2,4,10,13H2,1H3,(H,25,28)(H2,21,22,24). The number of carbonyl (C=O) groups is 1. The highest BCUT2D eigenvalue weighted by Crippen LogP contribution is 2.27. The monoisotopic (exact) mass is 377 g/mol. The predicted molar refractivity (Wildman–Crippen MR) is 107 cm³/mol. The van der Waals surface area contributed by atoms with E-state index in [2.05, 4.69) is 20.4 Å². The van der Waals surface area contributed by atoms with Crippen molar-refractivity contribution < 1.29 is 4.79 Å². The maximum absolute atomic E-state index is 12.9. The zero-order valence-corrected chi connectivity index (χ0v) is 15.7. The molecule has 8 nitrogen and oxygen atoms in total. The van der Waals surface area contributed by atoms with E-state index in [1.54, 1.807) is 17.1 Å². The van der Waals surface area contributed by atoms with E-state index in [-0.39, 0.29) is 17.9 Å². The molecule has 3 heterocycles. The number of nitrogens with two attached hydrogens (primary N) is 1. The number of aryl methyl sites for hydroxylation is 1. The Hall–Kier alpha value is -3.42. The molecular formula is C20H23N7O. The van der Waals surface area contributed by atoms with Crippen molar-refractivity contribution >= 4 is 17.7 Å². The first kappa shape index (κ1) is 18.0. The average Bonchev–Trinajstić information content (AvgIpc) is 3.24. The van der Waals surface area contributed by atoms with Gasteiger partial charge in [0.2, 0.25) is 5.95 Å². The van der Waals surface area contributed by atoms with Crippen molar-refractivity contribution in [3.05, 3.63) is 60.2 Å². The van der Waals surface area contributed by atoms with Crippen LogP contribution in [0.5, 0.6) is 0 Å². The van der Waals surface area contributed by atoms with E-state index in [4.69, 9.17) is 5.73 Å². The Morgan fingerprint density at radius 1 is 1.29 bits per heavy atom. The van der Waals surface area contributed by atoms with Crippen LogP contribution < -0.4 is 11.1 Å². The predicted octanol–water partition coefficient (Wildman–Crippen LogP) is 2.96. The lowest BCUT2D eigenvalue weighted by atomic mass is 9.95. The van der Waals surface area contributed by atoms with Gasteiger partial charge in [-0.1, -0.05) is 6.07 Å². The Labute approximate surface area is 163 Å². The smallest absolute Gasteiger partial charge is 0.321 e. The Morgan fingerprint density at radius 3 is 2.96 bits per heavy atom. The molecule has 4 rings (SSSR count). The largest absolute Gasteiger partial charge is 0.368 e. The number of aromatic nitrogens is 4. The summed E-state index contributed by atoms with van der Waals surface area (Å²) >= 11 is 0. The number of hydrogen-bond acceptors (Lipinski definition) is 5. The molecule has 8 heteroatoms. The minimum absolute atomic E-state index is 0.104. The molecule has 0 radical (unpaired) electrons. The van der Waals surface area contributed by atoms with Crippen LogP contribution in [0.4, 0.5) is 16.4 Å². The van der Waals surface area contributed by atoms with Gasteiger partial charge in [0.1, 0.15) is 0 Å². The Morgan fingerprint density at radius 2 is 2.18 bits per heavy atom. The van der Waals surface area contributed by atoms with E-state index in [9.17, 15) is 4.79 Å². The number of urea groups is 1. The SMILES string of the molecule is Cc1ccc(-n2cccn2)cc1NC(=O)N1CCCC(c2ccnc(N)n2)C1. The third-order valence-corrected chi connectivity index (χ3v) is 5.05. The highest BCUT2D eigenvalue weighted by molar-refractivity contribution is 5.90. The summed E-state index contributed by atoms with van der Waals surface area (Å²) < 4.78 is 1.77. The number of nitrogens with one attached hydrogen (secondary N) is 1. The maximum Gasteiger partial charge on any atom is 0.321 e. The van der Waals surface area contributed by atoms with Gasteiger partial charge in [0.25, 0.3) is 0 Å². The molecule has 144 valence electrons. The summed E-state index contributed by atoms with van der Waals surface area (Å²) in [5.41, 5.74) is 9.29. The summed E-state index contributed by atoms with van der Waals surface area (Å²) in [6, 6.07) is 9.54. The van der Waals surface area contributed by atoms with Crippen LogP contribution in [-0.2, 0) is 0 Å². The fraction of sp³-hybridized carbons (Fsp3) is 0.300. The van der Waals surface area contributed by atoms with Gasteiger partial charge < -0.3 is 16.0 Å². The maximum atomic E-state index is 12.9. The summed E-state index contributed by atoms with van der Waals surface area (Å²) in [6.45, 7) is 3.31. The van der Waals surface area contributed by atoms with Crippen molar-refractivity contribution in [2.24, 2.45) is 0 Å². The van der Waals surface area contributed by atoms with Crippen molar-refractivity contribution in [2.75, 3.05) is 24.1 Å². The molecule has 1 aliphatic rings. The van der Waals surface area contributed by atoms with Crippen LogP contribution in [0.15, 0.2) is 48.9 Å². The number of amides is 2. The van der Waals surface area contributed by atoms with Gasteiger partial charge in [-0.2, -0.15) is 5.10 Å². The van der Waals surface area contributed by atoms with E-state index in [1.807, 2.05) is 48.4 Å². The fourth-order valence-electron chi connectivity index (χ4n) is 3.52. The normalized spacial score (nSPS) is 16.8. The second-order valence-corrected chi connectivity index (χ2v) is 7.00. The van der Waals surface area contributed by atoms with Crippen molar-refractivity contribution in [3.63, 3.8) is 0 Å². The summed E-state index contributed by atoms with van der Waals surface area (Å²) in [6.07, 6.45) is 7.17. The number of hydrogen-bond donors (Lipinski definition) is 2. The van der Waals surface area contributed by atoms with Gasteiger partial charge >= 0.3 is 6.03 Å². The number of rotatable bonds is 3. The Kier molecular flexibility index (Phi) is 4.92. The molecular weight excluding hydrogens is 354 g/mol. The van der Waals surface area contributed by atoms with Gasteiger partial charge in [-0.15, -0.1) is 0 Å². The van der Waals surface area contributed by atoms with Gasteiger partial charge in [-0.05, 0) is 49.6 Å². The highest BCUT2D eigenvalue weighted by atomic mass is 16.2. The van der Waals surface area contributed by atoms with Crippen LogP contribution >= 0.6 is 0 Å². The molecule has 1 aromatic carbocycles. The molecule has 3 N–H and O–H groups in total. The molecule has 3 aromatic rings. The summed E-state index contributed by atoms with van der Waals surface area (Å²) in [5, 5.41) is 7.30. The second kappa shape index (κ2) is 7.67. The molecule has 0 bridgehead atoms. The first-order valence-electron chi connectivity index (χ1n) is 9.35. The molecule has 0 saturated carbocycles. The second-order valence-electron chi connectivity index (χ2n) is 7.00. The number of nitrogens with zero attached hydrogens (tertiary/aromatic N) is 5. The first-order valence-corrected chi connectivity index (χ1v) is 9.35. The lowest BCUT2D eigenvalue weighted by molar-refractivity contribution is 0.192. The first-order chi connectivity index (χ1) is 13.6. The van der Waals surface area contributed by atoms with Crippen molar-refractivity contribution in [2.45, 2.75) is 25.7 Å². The van der Waals surface area contributed by atoms with E-state index in [0.29, 0.717) is 6.54 Å². The number of anilines is 2. The van der Waals surface area contributed by atoms with Crippen LogP contribution in [0.2, 0.25) is 0 Å². The highest BCUT2D eigenvalue weighted by Gasteiger charge is 2.26. The van der Waals surface area contributed by atoms with Gasteiger partial charge in [-0.25, -0.2) is 19.4 Å². The van der Waals surface area contributed by atoms with Crippen LogP contribution in [0.1, 0.15) is 30.0 Å². The molecule has 0 aliphatic carbocycles. The lowest BCUT2D eigenvalue weighted by Gasteiger charge is -2.32. The van der Waals surface area contributed by atoms with E-state index >= 15 is 0 Å². The Bertz CT molecular complexity index is 970. The van der Waals surface area contributed by atoms with Gasteiger partial charge in [0.05, 0.1) is 11.4 Å². The van der Waals surface area contributed by atoms with Gasteiger partial charge in [0, 0.05) is 43.3 Å². The van der Waals surface area contributed by atoms with E-state index in [0.717, 1.165) is 42.0 Å². The zero-order valence-electron chi connectivity index (χ0n) is 15.7. The van der Waals surface area contributed by atoms with Crippen molar-refractivity contribution in [1.29, 1.82) is 0 Å². The third-order valence-electron chi connectivity index (χ3n) is 5.05. The molecule has 0 spiro atoms. The lowest BCUT2D eigenvalue weighted by Crippen LogP contribution is -2.42. The molecule has 28 heavy (non-hydrogen) atoms. The average molecular weight is 377 g/mol. The summed E-state index contributed by atoms with van der Waals surface area (Å²) in [7, 11) is 0. The Balaban J connectivity index is 1.48. The molecule has 1 aliphatic heterocycles. The quantitative estimate of drug-likeness (QED) is 0.731. The fourth-order valence-corrected chi connectivity index (χ4v) is 3.52. The topological polar surface area (TPSA) is 102 Å². The zero-order chi connectivity index (χ0) is 19.5. The van der Waals surface area contributed by atoms with Crippen molar-refractivity contribution in [3.8, 4) is 5.69 Å². The third kappa shape index (κ3) is 3.80. The minimum Gasteiger partial charge on any atom is -0.368 e. The molecule has 2 amide bonds. The summed E-state index contributed by atoms with van der Waals surface area (Å²) in [5.74, 6) is 0.437. The van der Waals surface area contributed by atoms with Gasteiger partial charge in [0.15, 0.2) is 0 Å². The number of carbonyl (C=O) groups excluding carboxylic acids is 1. The number of piperidine rings is 1. The molecule has 1 unspecified atom stereocenters. The van der Waals surface area contributed by atoms with E-state index in [1.165, 1.54) is 0 Å². The summed E-state index contributed by atoms with van der Waals surface area (Å²) in [4.78, 5) is 23.0. The molecule has 1 atom stereocenters. The molecule has 1 fully saturated rings. The van der Waals surface area contributed by atoms with Gasteiger partial charge in [-0.3, -0.25) is 0 Å². The molecule has 1 saturated heterocycles. The number of likely N-dealkylation sites (tertiary alicyclic amines) is 1. The van der Waals surface area contributed by atoms with Crippen LogP contribution in [-0.4, -0.2) is 43.8 Å².